The SMILES string of the molecule is CN(C)C(=O)OCC1C[C@@H]2c3cccc4[nH]c(Br)c(c34)C[C@H]2N(C)C1. The van der Waals surface area contributed by atoms with Crippen molar-refractivity contribution in [2.24, 2.45) is 5.92 Å². The fraction of sp³-hybridized carbons (Fsp3) is 0.526. The molecule has 1 N–H and O–H groups in total. The van der Waals surface area contributed by atoms with Gasteiger partial charge in [0.05, 0.1) is 11.2 Å². The number of benzene rings is 1. The Balaban J connectivity index is 1.61. The number of aromatic amines is 1. The van der Waals surface area contributed by atoms with Crippen LogP contribution in [0.3, 0.4) is 0 Å². The van der Waals surface area contributed by atoms with Crippen molar-refractivity contribution < 1.29 is 9.53 Å². The Labute approximate surface area is 156 Å². The molecule has 0 radical (unpaired) electrons. The molecule has 25 heavy (non-hydrogen) atoms. The smallest absolute Gasteiger partial charge is 0.409 e. The summed E-state index contributed by atoms with van der Waals surface area (Å²) in [6.07, 6.45) is 1.87. The van der Waals surface area contributed by atoms with Crippen LogP contribution in [0.5, 0.6) is 0 Å². The molecule has 1 saturated heterocycles. The summed E-state index contributed by atoms with van der Waals surface area (Å²) in [5.74, 6) is 0.857. The third kappa shape index (κ3) is 2.85. The molecule has 1 aliphatic heterocycles. The van der Waals surface area contributed by atoms with Crippen LogP contribution in [0.25, 0.3) is 10.9 Å². The van der Waals surface area contributed by atoms with Crippen molar-refractivity contribution in [1.82, 2.24) is 14.8 Å². The average Bonchev–Trinajstić information content (AvgIpc) is 2.90. The molecule has 4 rings (SSSR count). The number of amides is 1. The van der Waals surface area contributed by atoms with Gasteiger partial charge >= 0.3 is 6.09 Å². The van der Waals surface area contributed by atoms with E-state index in [1.54, 1.807) is 14.1 Å². The summed E-state index contributed by atoms with van der Waals surface area (Å²) in [7, 11) is 5.64. The predicted octanol–water partition coefficient (Wildman–Crippen LogP) is 3.59. The highest BCUT2D eigenvalue weighted by Gasteiger charge is 2.40. The fourth-order valence-electron chi connectivity index (χ4n) is 4.54. The second kappa shape index (κ2) is 6.32. The molecule has 3 atom stereocenters. The van der Waals surface area contributed by atoms with E-state index in [2.05, 4.69) is 51.1 Å². The molecule has 2 aliphatic rings. The van der Waals surface area contributed by atoms with Gasteiger partial charge < -0.3 is 19.5 Å². The minimum Gasteiger partial charge on any atom is -0.449 e. The number of nitrogens with zero attached hydrogens (tertiary/aromatic N) is 2. The second-order valence-corrected chi connectivity index (χ2v) is 8.37. The summed E-state index contributed by atoms with van der Waals surface area (Å²) >= 11 is 3.70. The van der Waals surface area contributed by atoms with E-state index in [1.807, 2.05) is 0 Å². The van der Waals surface area contributed by atoms with E-state index < -0.39 is 0 Å². The first-order chi connectivity index (χ1) is 12.0. The summed E-state index contributed by atoms with van der Waals surface area (Å²) in [6, 6.07) is 7.06. The first-order valence-electron chi connectivity index (χ1n) is 8.79. The summed E-state index contributed by atoms with van der Waals surface area (Å²) in [4.78, 5) is 19.2. The molecular formula is C19H24BrN3O2. The Morgan fingerprint density at radius 1 is 1.44 bits per heavy atom. The number of likely N-dealkylation sites (N-methyl/N-ethyl adjacent to an activating group) is 1. The van der Waals surface area contributed by atoms with Crippen molar-refractivity contribution >= 4 is 32.9 Å². The summed E-state index contributed by atoms with van der Waals surface area (Å²) < 4.78 is 6.58. The molecule has 0 spiro atoms. The molecule has 6 heteroatoms. The zero-order chi connectivity index (χ0) is 17.7. The lowest BCUT2D eigenvalue weighted by Gasteiger charge is -2.45. The standard InChI is InChI=1S/C19H24BrN3O2/c1-22(2)19(24)25-10-11-7-13-12-5-4-6-15-17(12)14(18(20)21-15)8-16(13)23(3)9-11/h4-6,11,13,16,21H,7-10H2,1-3H3/t11?,13-,16-/m1/s1. The van der Waals surface area contributed by atoms with Crippen molar-refractivity contribution in [3.8, 4) is 0 Å². The molecular weight excluding hydrogens is 382 g/mol. The van der Waals surface area contributed by atoms with Crippen LogP contribution in [0, 0.1) is 5.92 Å². The number of nitrogens with one attached hydrogen (secondary N) is 1. The van der Waals surface area contributed by atoms with Gasteiger partial charge in [-0.05, 0) is 53.0 Å². The Hall–Kier alpha value is -1.53. The molecule has 2 aromatic rings. The van der Waals surface area contributed by atoms with Gasteiger partial charge in [0.15, 0.2) is 0 Å². The highest BCUT2D eigenvalue weighted by Crippen LogP contribution is 2.46. The van der Waals surface area contributed by atoms with Gasteiger partial charge in [-0.1, -0.05) is 12.1 Å². The zero-order valence-corrected chi connectivity index (χ0v) is 16.5. The molecule has 1 aliphatic carbocycles. The van der Waals surface area contributed by atoms with Crippen LogP contribution < -0.4 is 0 Å². The summed E-state index contributed by atoms with van der Waals surface area (Å²) in [5.41, 5.74) is 4.04. The first kappa shape index (κ1) is 16.9. The summed E-state index contributed by atoms with van der Waals surface area (Å²) in [6.45, 7) is 1.46. The number of aromatic nitrogens is 1. The van der Waals surface area contributed by atoms with Crippen molar-refractivity contribution in [2.75, 3.05) is 34.3 Å². The monoisotopic (exact) mass is 405 g/mol. The van der Waals surface area contributed by atoms with Gasteiger partial charge in [0.1, 0.15) is 0 Å². The van der Waals surface area contributed by atoms with Gasteiger partial charge in [0.25, 0.3) is 0 Å². The van der Waals surface area contributed by atoms with Crippen LogP contribution in [-0.4, -0.2) is 61.2 Å². The molecule has 0 saturated carbocycles. The number of carbonyl (C=O) groups is 1. The first-order valence-corrected chi connectivity index (χ1v) is 9.58. The Bertz CT molecular complexity index is 816. The van der Waals surface area contributed by atoms with E-state index in [4.69, 9.17) is 4.74 Å². The summed E-state index contributed by atoms with van der Waals surface area (Å²) in [5, 5.41) is 1.38. The third-order valence-corrected chi connectivity index (χ3v) is 6.37. The fourth-order valence-corrected chi connectivity index (χ4v) is 5.11. The lowest BCUT2D eigenvalue weighted by atomic mass is 9.72. The quantitative estimate of drug-likeness (QED) is 0.830. The second-order valence-electron chi connectivity index (χ2n) is 7.58. The number of rotatable bonds is 2. The van der Waals surface area contributed by atoms with Crippen LogP contribution in [0.15, 0.2) is 22.8 Å². The highest BCUT2D eigenvalue weighted by atomic mass is 79.9. The van der Waals surface area contributed by atoms with Crippen molar-refractivity contribution in [1.29, 1.82) is 0 Å². The van der Waals surface area contributed by atoms with Crippen molar-refractivity contribution in [3.05, 3.63) is 33.9 Å². The van der Waals surface area contributed by atoms with E-state index in [0.29, 0.717) is 24.5 Å². The topological polar surface area (TPSA) is 48.6 Å². The lowest BCUT2D eigenvalue weighted by Crippen LogP contribution is -2.49. The maximum absolute atomic E-state index is 11.8. The zero-order valence-electron chi connectivity index (χ0n) is 14.9. The van der Waals surface area contributed by atoms with Gasteiger partial charge in [-0.2, -0.15) is 0 Å². The van der Waals surface area contributed by atoms with Crippen LogP contribution in [0.2, 0.25) is 0 Å². The average molecular weight is 406 g/mol. The Kier molecular flexibility index (Phi) is 4.28. The number of H-pyrrole nitrogens is 1. The number of hydrogen-bond donors (Lipinski definition) is 1. The minimum absolute atomic E-state index is 0.257. The lowest BCUT2D eigenvalue weighted by molar-refractivity contribution is 0.0527. The number of likely N-dealkylation sites (tertiary alicyclic amines) is 1. The number of ether oxygens (including phenoxy) is 1. The van der Waals surface area contributed by atoms with Crippen molar-refractivity contribution in [3.63, 3.8) is 0 Å². The molecule has 0 bridgehead atoms. The number of fused-ring (bicyclic) bond motifs is 2. The normalized spacial score (nSPS) is 25.7. The molecule has 5 nitrogen and oxygen atoms in total. The third-order valence-electron chi connectivity index (χ3n) is 5.69. The predicted molar refractivity (Wildman–Crippen MR) is 102 cm³/mol. The van der Waals surface area contributed by atoms with E-state index in [9.17, 15) is 4.79 Å². The molecule has 1 fully saturated rings. The van der Waals surface area contributed by atoms with Gasteiger partial charge in [0, 0.05) is 49.4 Å². The number of piperidine rings is 1. The number of halogens is 1. The maximum Gasteiger partial charge on any atom is 0.409 e. The maximum atomic E-state index is 11.8. The van der Waals surface area contributed by atoms with E-state index in [0.717, 1.165) is 24.0 Å². The molecule has 1 aromatic heterocycles. The molecule has 1 unspecified atom stereocenters. The molecule has 1 aromatic carbocycles. The molecule has 2 heterocycles. The van der Waals surface area contributed by atoms with Crippen LogP contribution in [0.1, 0.15) is 23.5 Å². The number of hydrogen-bond acceptors (Lipinski definition) is 3. The van der Waals surface area contributed by atoms with Gasteiger partial charge in [-0.15, -0.1) is 0 Å². The number of carbonyl (C=O) groups excluding carboxylic acids is 1. The van der Waals surface area contributed by atoms with Gasteiger partial charge in [0.2, 0.25) is 0 Å². The Morgan fingerprint density at radius 3 is 3.00 bits per heavy atom. The van der Waals surface area contributed by atoms with Crippen LogP contribution in [0.4, 0.5) is 4.79 Å². The largest absolute Gasteiger partial charge is 0.449 e. The minimum atomic E-state index is -0.257. The van der Waals surface area contributed by atoms with Crippen molar-refractivity contribution in [2.45, 2.75) is 24.8 Å². The van der Waals surface area contributed by atoms with Gasteiger partial charge in [-0.3, -0.25) is 0 Å². The Morgan fingerprint density at radius 2 is 2.24 bits per heavy atom. The highest BCUT2D eigenvalue weighted by molar-refractivity contribution is 9.10. The van der Waals surface area contributed by atoms with Gasteiger partial charge in [-0.25, -0.2) is 4.79 Å². The molecule has 1 amide bonds. The van der Waals surface area contributed by atoms with Crippen LogP contribution in [-0.2, 0) is 11.2 Å². The van der Waals surface area contributed by atoms with E-state index in [-0.39, 0.29) is 6.09 Å². The van der Waals surface area contributed by atoms with E-state index >= 15 is 0 Å². The van der Waals surface area contributed by atoms with E-state index in [1.165, 1.54) is 26.9 Å². The molecule has 134 valence electrons. The van der Waals surface area contributed by atoms with Crippen LogP contribution >= 0.6 is 15.9 Å².